The third-order valence-electron chi connectivity index (χ3n) is 3.16. The summed E-state index contributed by atoms with van der Waals surface area (Å²) in [5, 5.41) is 21.7. The number of nitrogens with two attached hydrogens (primary N) is 1. The molecule has 0 aliphatic carbocycles. The lowest BCUT2D eigenvalue weighted by atomic mass is 10.0. The van der Waals surface area contributed by atoms with Crippen molar-refractivity contribution in [2.75, 3.05) is 6.26 Å². The first-order valence-corrected chi connectivity index (χ1v) is 8.81. The van der Waals surface area contributed by atoms with E-state index in [1.54, 1.807) is 13.8 Å². The zero-order valence-corrected chi connectivity index (χ0v) is 14.4. The lowest BCUT2D eigenvalue weighted by Crippen LogP contribution is -2.35. The van der Waals surface area contributed by atoms with Crippen LogP contribution in [0, 0.1) is 20.2 Å². The summed E-state index contributed by atoms with van der Waals surface area (Å²) in [5.74, 6) is 0. The SMILES string of the molecule is CC(C)(N)Cc1nc2cc([N+](=O)[O-])c([N+](=O)[O-])cc2nc1S(C)(=O)=O. The molecule has 0 aliphatic heterocycles. The van der Waals surface area contributed by atoms with Crippen molar-refractivity contribution < 1.29 is 18.3 Å². The number of nitro groups is 2. The summed E-state index contributed by atoms with van der Waals surface area (Å²) in [5.41, 5.74) is 3.44. The second kappa shape index (κ2) is 5.97. The first kappa shape index (κ1) is 18.6. The third-order valence-corrected chi connectivity index (χ3v) is 4.19. The molecular formula is C13H15N5O6S. The van der Waals surface area contributed by atoms with Crippen molar-refractivity contribution in [2.24, 2.45) is 5.73 Å². The minimum Gasteiger partial charge on any atom is -0.325 e. The molecule has 0 saturated carbocycles. The first-order chi connectivity index (χ1) is 11.3. The molecule has 0 amide bonds. The van der Waals surface area contributed by atoms with Crippen LogP contribution in [0.25, 0.3) is 11.0 Å². The molecule has 0 saturated heterocycles. The fraction of sp³-hybridized carbons (Fsp3) is 0.385. The van der Waals surface area contributed by atoms with E-state index >= 15 is 0 Å². The maximum absolute atomic E-state index is 12.0. The van der Waals surface area contributed by atoms with E-state index in [1.165, 1.54) is 0 Å². The van der Waals surface area contributed by atoms with Gasteiger partial charge in [0.05, 0.1) is 38.7 Å². The van der Waals surface area contributed by atoms with Crippen molar-refractivity contribution in [3.63, 3.8) is 0 Å². The maximum atomic E-state index is 12.0. The predicted molar refractivity (Wildman–Crippen MR) is 87.9 cm³/mol. The molecule has 0 spiro atoms. The smallest absolute Gasteiger partial charge is 0.325 e. The van der Waals surface area contributed by atoms with E-state index in [-0.39, 0.29) is 28.2 Å². The fourth-order valence-electron chi connectivity index (χ4n) is 2.24. The van der Waals surface area contributed by atoms with Crippen molar-refractivity contribution in [3.05, 3.63) is 38.1 Å². The van der Waals surface area contributed by atoms with Crippen molar-refractivity contribution in [1.82, 2.24) is 9.97 Å². The fourth-order valence-corrected chi connectivity index (χ4v) is 3.05. The highest BCUT2D eigenvalue weighted by atomic mass is 32.2. The maximum Gasteiger partial charge on any atom is 0.348 e. The van der Waals surface area contributed by atoms with Gasteiger partial charge in [-0.1, -0.05) is 0 Å². The topological polar surface area (TPSA) is 172 Å². The monoisotopic (exact) mass is 369 g/mol. The third kappa shape index (κ3) is 4.03. The molecule has 1 heterocycles. The highest BCUT2D eigenvalue weighted by Crippen LogP contribution is 2.31. The van der Waals surface area contributed by atoms with Crippen LogP contribution in [0.4, 0.5) is 11.4 Å². The average Bonchev–Trinajstić information content (AvgIpc) is 2.42. The Labute approximate surface area is 142 Å². The number of aromatic nitrogens is 2. The Kier molecular flexibility index (Phi) is 4.44. The number of nitrogens with zero attached hydrogens (tertiary/aromatic N) is 4. The van der Waals surface area contributed by atoms with Crippen LogP contribution in [-0.4, -0.2) is 40.0 Å². The van der Waals surface area contributed by atoms with E-state index in [0.717, 1.165) is 18.4 Å². The Morgan fingerprint density at radius 1 is 1.08 bits per heavy atom. The molecular weight excluding hydrogens is 354 g/mol. The lowest BCUT2D eigenvalue weighted by Gasteiger charge is -2.19. The van der Waals surface area contributed by atoms with E-state index in [2.05, 4.69) is 9.97 Å². The summed E-state index contributed by atoms with van der Waals surface area (Å²) in [6.45, 7) is 3.31. The number of benzene rings is 1. The summed E-state index contributed by atoms with van der Waals surface area (Å²) >= 11 is 0. The lowest BCUT2D eigenvalue weighted by molar-refractivity contribution is -0.422. The molecule has 0 unspecified atom stereocenters. The van der Waals surface area contributed by atoms with Crippen LogP contribution in [0.1, 0.15) is 19.5 Å². The summed E-state index contributed by atoms with van der Waals surface area (Å²) in [6, 6.07) is 1.74. The molecule has 12 heteroatoms. The predicted octanol–water partition coefficient (Wildman–Crippen LogP) is 1.13. The van der Waals surface area contributed by atoms with Gasteiger partial charge in [-0.15, -0.1) is 0 Å². The van der Waals surface area contributed by atoms with Gasteiger partial charge in [-0.05, 0) is 13.8 Å². The van der Waals surface area contributed by atoms with Gasteiger partial charge >= 0.3 is 11.4 Å². The van der Waals surface area contributed by atoms with Crippen LogP contribution < -0.4 is 5.73 Å². The number of hydrogen-bond donors (Lipinski definition) is 1. The molecule has 134 valence electrons. The molecule has 2 rings (SSSR count). The van der Waals surface area contributed by atoms with Gasteiger partial charge < -0.3 is 5.73 Å². The Hall–Kier alpha value is -2.73. The molecule has 1 aromatic heterocycles. The van der Waals surface area contributed by atoms with Crippen LogP contribution in [0.3, 0.4) is 0 Å². The second-order valence-electron chi connectivity index (χ2n) is 6.26. The number of rotatable bonds is 5. The van der Waals surface area contributed by atoms with Crippen molar-refractivity contribution >= 4 is 32.2 Å². The van der Waals surface area contributed by atoms with Crippen LogP contribution in [0.5, 0.6) is 0 Å². The van der Waals surface area contributed by atoms with E-state index in [4.69, 9.17) is 5.73 Å². The van der Waals surface area contributed by atoms with E-state index in [0.29, 0.717) is 0 Å². The summed E-state index contributed by atoms with van der Waals surface area (Å²) in [4.78, 5) is 28.3. The van der Waals surface area contributed by atoms with Gasteiger partial charge in [0.2, 0.25) is 0 Å². The van der Waals surface area contributed by atoms with E-state index in [1.807, 2.05) is 0 Å². The molecule has 0 atom stereocenters. The van der Waals surface area contributed by atoms with E-state index < -0.39 is 36.6 Å². The Morgan fingerprint density at radius 2 is 1.52 bits per heavy atom. The molecule has 0 radical (unpaired) electrons. The van der Waals surface area contributed by atoms with Gasteiger partial charge in [-0.2, -0.15) is 0 Å². The van der Waals surface area contributed by atoms with E-state index in [9.17, 15) is 28.6 Å². The largest absolute Gasteiger partial charge is 0.348 e. The number of sulfone groups is 1. The Bertz CT molecular complexity index is 996. The van der Waals surface area contributed by atoms with Crippen molar-refractivity contribution in [3.8, 4) is 0 Å². The molecule has 0 bridgehead atoms. The van der Waals surface area contributed by atoms with Gasteiger partial charge in [0.25, 0.3) is 0 Å². The highest BCUT2D eigenvalue weighted by Gasteiger charge is 2.28. The molecule has 1 aromatic carbocycles. The van der Waals surface area contributed by atoms with Crippen LogP contribution in [0.2, 0.25) is 0 Å². The number of fused-ring (bicyclic) bond motifs is 1. The average molecular weight is 369 g/mol. The summed E-state index contributed by atoms with van der Waals surface area (Å²) in [7, 11) is -3.79. The van der Waals surface area contributed by atoms with Gasteiger partial charge in [-0.3, -0.25) is 20.2 Å². The molecule has 25 heavy (non-hydrogen) atoms. The van der Waals surface area contributed by atoms with Crippen LogP contribution in [0.15, 0.2) is 17.2 Å². The number of hydrogen-bond acceptors (Lipinski definition) is 9. The second-order valence-corrected chi connectivity index (χ2v) is 8.19. The zero-order chi connectivity index (χ0) is 19.2. The number of nitro benzene ring substituents is 2. The minimum atomic E-state index is -3.79. The molecule has 2 N–H and O–H groups in total. The van der Waals surface area contributed by atoms with Gasteiger partial charge in [-0.25, -0.2) is 18.4 Å². The molecule has 11 nitrogen and oxygen atoms in total. The highest BCUT2D eigenvalue weighted by molar-refractivity contribution is 7.90. The van der Waals surface area contributed by atoms with Gasteiger partial charge in [0, 0.05) is 18.2 Å². The standard InChI is InChI=1S/C13H15N5O6S/c1-13(2,14)6-9-12(25(3,23)24)16-8-5-11(18(21)22)10(17(19)20)4-7(8)15-9/h4-5H,6,14H2,1-3H3. The summed E-state index contributed by atoms with van der Waals surface area (Å²) in [6.07, 6.45) is 0.971. The van der Waals surface area contributed by atoms with Crippen molar-refractivity contribution in [2.45, 2.75) is 30.8 Å². The van der Waals surface area contributed by atoms with Gasteiger partial charge in [0.15, 0.2) is 14.9 Å². The zero-order valence-electron chi connectivity index (χ0n) is 13.6. The molecule has 2 aromatic rings. The van der Waals surface area contributed by atoms with Crippen molar-refractivity contribution in [1.29, 1.82) is 0 Å². The summed E-state index contributed by atoms with van der Waals surface area (Å²) < 4.78 is 24.0. The quantitative estimate of drug-likeness (QED) is 0.598. The normalized spacial score (nSPS) is 12.3. The van der Waals surface area contributed by atoms with Crippen LogP contribution in [-0.2, 0) is 16.3 Å². The Balaban J connectivity index is 2.88. The van der Waals surface area contributed by atoms with Crippen LogP contribution >= 0.6 is 0 Å². The first-order valence-electron chi connectivity index (χ1n) is 6.92. The van der Waals surface area contributed by atoms with Gasteiger partial charge in [0.1, 0.15) is 0 Å². The molecule has 0 aliphatic rings. The minimum absolute atomic E-state index is 0.0241. The molecule has 0 fully saturated rings. The Morgan fingerprint density at radius 3 is 1.88 bits per heavy atom.